The SMILES string of the molecule is CNc1c(C(=O)N(C)CC2CCC2)cccc1C(F)(F)F. The van der Waals surface area contributed by atoms with Crippen molar-refractivity contribution in [1.29, 1.82) is 0 Å². The van der Waals surface area contributed by atoms with Gasteiger partial charge >= 0.3 is 6.18 Å². The summed E-state index contributed by atoms with van der Waals surface area (Å²) in [5.41, 5.74) is -0.905. The second-order valence-electron chi connectivity index (χ2n) is 5.46. The van der Waals surface area contributed by atoms with Crippen LogP contribution in [0.4, 0.5) is 18.9 Å². The number of nitrogens with one attached hydrogen (secondary N) is 1. The number of para-hydroxylation sites is 1. The number of amides is 1. The molecule has 2 rings (SSSR count). The van der Waals surface area contributed by atoms with Crippen molar-refractivity contribution in [3.8, 4) is 0 Å². The average Bonchev–Trinajstić information content (AvgIpc) is 2.39. The van der Waals surface area contributed by atoms with Gasteiger partial charge in [-0.05, 0) is 30.9 Å². The zero-order chi connectivity index (χ0) is 15.6. The van der Waals surface area contributed by atoms with E-state index < -0.39 is 11.7 Å². The van der Waals surface area contributed by atoms with Crippen molar-refractivity contribution in [2.24, 2.45) is 5.92 Å². The van der Waals surface area contributed by atoms with Crippen LogP contribution in [0.1, 0.15) is 35.2 Å². The van der Waals surface area contributed by atoms with E-state index in [9.17, 15) is 18.0 Å². The molecule has 1 fully saturated rings. The number of hydrogen-bond acceptors (Lipinski definition) is 2. The minimum Gasteiger partial charge on any atom is -0.387 e. The van der Waals surface area contributed by atoms with Gasteiger partial charge in [-0.3, -0.25) is 4.79 Å². The Morgan fingerprint density at radius 1 is 1.38 bits per heavy atom. The predicted octanol–water partition coefficient (Wildman–Crippen LogP) is 3.62. The summed E-state index contributed by atoms with van der Waals surface area (Å²) < 4.78 is 39.0. The van der Waals surface area contributed by atoms with E-state index in [-0.39, 0.29) is 17.2 Å². The molecule has 1 aromatic rings. The van der Waals surface area contributed by atoms with Crippen molar-refractivity contribution >= 4 is 11.6 Å². The molecule has 0 aromatic heterocycles. The molecule has 1 amide bonds. The highest BCUT2D eigenvalue weighted by atomic mass is 19.4. The number of rotatable bonds is 4. The zero-order valence-corrected chi connectivity index (χ0v) is 12.1. The van der Waals surface area contributed by atoms with Crippen LogP contribution in [-0.2, 0) is 6.18 Å². The molecule has 6 heteroatoms. The first-order valence-corrected chi connectivity index (χ1v) is 6.98. The highest BCUT2D eigenvalue weighted by Gasteiger charge is 2.35. The molecular formula is C15H19F3N2O. The van der Waals surface area contributed by atoms with Gasteiger partial charge < -0.3 is 10.2 Å². The molecular weight excluding hydrogens is 281 g/mol. The minimum absolute atomic E-state index is 0.0640. The number of carbonyl (C=O) groups is 1. The van der Waals surface area contributed by atoms with Crippen molar-refractivity contribution < 1.29 is 18.0 Å². The first kappa shape index (κ1) is 15.7. The maximum Gasteiger partial charge on any atom is 0.418 e. The number of halogens is 3. The number of hydrogen-bond donors (Lipinski definition) is 1. The Kier molecular flexibility index (Phi) is 4.44. The maximum atomic E-state index is 13.0. The van der Waals surface area contributed by atoms with Gasteiger partial charge in [0.2, 0.25) is 0 Å². The van der Waals surface area contributed by atoms with Crippen LogP contribution in [0, 0.1) is 5.92 Å². The third-order valence-electron chi connectivity index (χ3n) is 3.95. The van der Waals surface area contributed by atoms with Crippen LogP contribution in [0.5, 0.6) is 0 Å². The molecule has 0 atom stereocenters. The summed E-state index contributed by atoms with van der Waals surface area (Å²) in [6.07, 6.45) is -1.16. The molecule has 0 spiro atoms. The van der Waals surface area contributed by atoms with Crippen molar-refractivity contribution in [3.05, 3.63) is 29.3 Å². The first-order valence-electron chi connectivity index (χ1n) is 6.98. The fraction of sp³-hybridized carbons (Fsp3) is 0.533. The summed E-state index contributed by atoms with van der Waals surface area (Å²) in [4.78, 5) is 13.9. The number of benzene rings is 1. The predicted molar refractivity (Wildman–Crippen MR) is 75.3 cm³/mol. The number of anilines is 1. The molecule has 3 nitrogen and oxygen atoms in total. The van der Waals surface area contributed by atoms with Crippen LogP contribution in [0.15, 0.2) is 18.2 Å². The molecule has 116 valence electrons. The van der Waals surface area contributed by atoms with E-state index in [0.29, 0.717) is 12.5 Å². The lowest BCUT2D eigenvalue weighted by molar-refractivity contribution is -0.136. The number of carbonyl (C=O) groups excluding carboxylic acids is 1. The Hall–Kier alpha value is -1.72. The third-order valence-corrected chi connectivity index (χ3v) is 3.95. The van der Waals surface area contributed by atoms with Crippen LogP contribution < -0.4 is 5.32 Å². The molecule has 1 N–H and O–H groups in total. The van der Waals surface area contributed by atoms with Gasteiger partial charge in [0.25, 0.3) is 5.91 Å². The smallest absolute Gasteiger partial charge is 0.387 e. The Morgan fingerprint density at radius 3 is 2.52 bits per heavy atom. The summed E-state index contributed by atoms with van der Waals surface area (Å²) in [5.74, 6) is 0.0973. The van der Waals surface area contributed by atoms with Crippen LogP contribution in [0.3, 0.4) is 0 Å². The van der Waals surface area contributed by atoms with Gasteiger partial charge in [0, 0.05) is 20.6 Å². The fourth-order valence-electron chi connectivity index (χ4n) is 2.59. The molecule has 1 aliphatic carbocycles. The summed E-state index contributed by atoms with van der Waals surface area (Å²) in [7, 11) is 3.04. The van der Waals surface area contributed by atoms with Crippen molar-refractivity contribution in [2.45, 2.75) is 25.4 Å². The Balaban J connectivity index is 2.27. The van der Waals surface area contributed by atoms with E-state index in [0.717, 1.165) is 25.3 Å². The van der Waals surface area contributed by atoms with E-state index in [1.54, 1.807) is 7.05 Å². The van der Waals surface area contributed by atoms with Crippen LogP contribution in [0.2, 0.25) is 0 Å². The molecule has 21 heavy (non-hydrogen) atoms. The van der Waals surface area contributed by atoms with Gasteiger partial charge in [0.05, 0.1) is 16.8 Å². The zero-order valence-electron chi connectivity index (χ0n) is 12.1. The van der Waals surface area contributed by atoms with Crippen molar-refractivity contribution in [3.63, 3.8) is 0 Å². The van der Waals surface area contributed by atoms with Crippen LogP contribution >= 0.6 is 0 Å². The Morgan fingerprint density at radius 2 is 2.05 bits per heavy atom. The summed E-state index contributed by atoms with van der Waals surface area (Å²) in [6.45, 7) is 0.595. The average molecular weight is 300 g/mol. The normalized spacial score (nSPS) is 15.5. The lowest BCUT2D eigenvalue weighted by Crippen LogP contribution is -2.34. The fourth-order valence-corrected chi connectivity index (χ4v) is 2.59. The van der Waals surface area contributed by atoms with E-state index in [2.05, 4.69) is 5.32 Å². The highest BCUT2D eigenvalue weighted by Crippen LogP contribution is 2.37. The lowest BCUT2D eigenvalue weighted by Gasteiger charge is -2.30. The van der Waals surface area contributed by atoms with Gasteiger partial charge in [0.15, 0.2) is 0 Å². The second-order valence-corrected chi connectivity index (χ2v) is 5.46. The van der Waals surface area contributed by atoms with Gasteiger partial charge in [-0.25, -0.2) is 0 Å². The maximum absolute atomic E-state index is 13.0. The minimum atomic E-state index is -4.48. The summed E-state index contributed by atoms with van der Waals surface area (Å²) >= 11 is 0. The van der Waals surface area contributed by atoms with Crippen molar-refractivity contribution in [2.75, 3.05) is 26.0 Å². The number of nitrogens with zero attached hydrogens (tertiary/aromatic N) is 1. The molecule has 0 aliphatic heterocycles. The topological polar surface area (TPSA) is 32.3 Å². The molecule has 0 saturated heterocycles. The molecule has 0 unspecified atom stereocenters. The van der Waals surface area contributed by atoms with E-state index in [1.807, 2.05) is 0 Å². The van der Waals surface area contributed by atoms with Crippen LogP contribution in [-0.4, -0.2) is 31.4 Å². The Labute approximate surface area is 122 Å². The van der Waals surface area contributed by atoms with Crippen LogP contribution in [0.25, 0.3) is 0 Å². The lowest BCUT2D eigenvalue weighted by atomic mass is 9.85. The monoisotopic (exact) mass is 300 g/mol. The van der Waals surface area contributed by atoms with Crippen molar-refractivity contribution in [1.82, 2.24) is 4.90 Å². The standard InChI is InChI=1S/C15H19F3N2O/c1-19-13-11(7-4-8-12(13)15(16,17)18)14(21)20(2)9-10-5-3-6-10/h4,7-8,10,19H,3,5-6,9H2,1-2H3. The highest BCUT2D eigenvalue weighted by molar-refractivity contribution is 6.00. The second kappa shape index (κ2) is 5.95. The van der Waals surface area contributed by atoms with E-state index in [1.165, 1.54) is 24.1 Å². The quantitative estimate of drug-likeness (QED) is 0.921. The molecule has 0 radical (unpaired) electrons. The molecule has 1 aliphatic rings. The third kappa shape index (κ3) is 3.31. The van der Waals surface area contributed by atoms with E-state index >= 15 is 0 Å². The molecule has 1 saturated carbocycles. The van der Waals surface area contributed by atoms with Gasteiger partial charge in [-0.15, -0.1) is 0 Å². The van der Waals surface area contributed by atoms with Gasteiger partial charge in [-0.2, -0.15) is 13.2 Å². The van der Waals surface area contributed by atoms with Gasteiger partial charge in [0.1, 0.15) is 0 Å². The first-order chi connectivity index (χ1) is 9.84. The molecule has 1 aromatic carbocycles. The van der Waals surface area contributed by atoms with E-state index in [4.69, 9.17) is 0 Å². The number of alkyl halides is 3. The Bertz CT molecular complexity index is 524. The molecule has 0 bridgehead atoms. The molecule has 0 heterocycles. The summed E-state index contributed by atoms with van der Waals surface area (Å²) in [6, 6.07) is 3.68. The largest absolute Gasteiger partial charge is 0.418 e. The van der Waals surface area contributed by atoms with Gasteiger partial charge in [-0.1, -0.05) is 12.5 Å². The summed E-state index contributed by atoms with van der Waals surface area (Å²) in [5, 5.41) is 2.52.